The molecule has 0 aromatic heterocycles. The molecule has 0 saturated carbocycles. The Morgan fingerprint density at radius 3 is 2.50 bits per heavy atom. The Hall–Kier alpha value is -0.480. The third-order valence-corrected chi connectivity index (χ3v) is 1.69. The summed E-state index contributed by atoms with van der Waals surface area (Å²) in [6, 6.07) is -0.0152. The van der Waals surface area contributed by atoms with Gasteiger partial charge in [0.05, 0.1) is 25.3 Å². The van der Waals surface area contributed by atoms with Crippen molar-refractivity contribution in [3.05, 3.63) is 0 Å². The van der Waals surface area contributed by atoms with E-state index in [9.17, 15) is 4.79 Å². The number of halogens is 1. The van der Waals surface area contributed by atoms with Crippen LogP contribution in [0.3, 0.4) is 0 Å². The fourth-order valence-electron chi connectivity index (χ4n) is 0.708. The molecule has 1 aliphatic rings. The van der Waals surface area contributed by atoms with Crippen LogP contribution >= 0.6 is 11.6 Å². The van der Waals surface area contributed by atoms with E-state index in [1.807, 2.05) is 0 Å². The standard InChI is InChI=1S/C5H8ClNO3/c6-3-7(5(8)9)4-1-10-2-4/h4H,1-3H2,(H,8,9). The second-order valence-corrected chi connectivity index (χ2v) is 2.30. The first-order chi connectivity index (χ1) is 4.75. The van der Waals surface area contributed by atoms with E-state index in [1.54, 1.807) is 0 Å². The number of carbonyl (C=O) groups is 1. The molecule has 0 bridgehead atoms. The number of hydrogen-bond acceptors (Lipinski definition) is 2. The van der Waals surface area contributed by atoms with Crippen LogP contribution in [0.2, 0.25) is 0 Å². The molecule has 0 spiro atoms. The highest BCUT2D eigenvalue weighted by molar-refractivity contribution is 6.18. The minimum Gasteiger partial charge on any atom is -0.465 e. The number of alkyl halides is 1. The Labute approximate surface area is 63.3 Å². The summed E-state index contributed by atoms with van der Waals surface area (Å²) in [5.41, 5.74) is 0. The predicted octanol–water partition coefficient (Wildman–Crippen LogP) is 0.562. The Balaban J connectivity index is 2.39. The van der Waals surface area contributed by atoms with Gasteiger partial charge in [-0.1, -0.05) is 0 Å². The highest BCUT2D eigenvalue weighted by Crippen LogP contribution is 2.10. The predicted molar refractivity (Wildman–Crippen MR) is 35.2 cm³/mol. The maximum atomic E-state index is 10.4. The van der Waals surface area contributed by atoms with Crippen molar-refractivity contribution in [2.75, 3.05) is 19.2 Å². The van der Waals surface area contributed by atoms with Crippen LogP contribution < -0.4 is 0 Å². The molecule has 4 nitrogen and oxygen atoms in total. The average Bonchev–Trinajstić information content (AvgIpc) is 1.76. The van der Waals surface area contributed by atoms with Gasteiger partial charge in [0.1, 0.15) is 0 Å². The van der Waals surface area contributed by atoms with Gasteiger partial charge in [-0.2, -0.15) is 0 Å². The van der Waals surface area contributed by atoms with Gasteiger partial charge < -0.3 is 9.84 Å². The van der Waals surface area contributed by atoms with Gasteiger partial charge in [0, 0.05) is 0 Å². The lowest BCUT2D eigenvalue weighted by Gasteiger charge is -2.33. The molecule has 1 saturated heterocycles. The van der Waals surface area contributed by atoms with Crippen molar-refractivity contribution < 1.29 is 14.6 Å². The molecule has 0 aromatic carbocycles. The second kappa shape index (κ2) is 3.07. The lowest BCUT2D eigenvalue weighted by Crippen LogP contribution is -2.50. The van der Waals surface area contributed by atoms with Crippen LogP contribution in [-0.4, -0.2) is 41.4 Å². The summed E-state index contributed by atoms with van der Waals surface area (Å²) in [5.74, 6) is 0. The number of nitrogens with zero attached hydrogens (tertiary/aromatic N) is 1. The second-order valence-electron chi connectivity index (χ2n) is 2.06. The summed E-state index contributed by atoms with van der Waals surface area (Å²) < 4.78 is 4.80. The molecule has 1 fully saturated rings. The minimum atomic E-state index is -0.983. The van der Waals surface area contributed by atoms with E-state index in [-0.39, 0.29) is 12.0 Å². The summed E-state index contributed by atoms with van der Waals surface area (Å²) in [5, 5.41) is 8.49. The molecule has 0 aliphatic carbocycles. The topological polar surface area (TPSA) is 49.8 Å². The molecule has 1 rings (SSSR count). The van der Waals surface area contributed by atoms with Crippen molar-refractivity contribution in [3.8, 4) is 0 Å². The summed E-state index contributed by atoms with van der Waals surface area (Å²) in [7, 11) is 0. The van der Waals surface area contributed by atoms with E-state index >= 15 is 0 Å². The van der Waals surface area contributed by atoms with Gasteiger partial charge >= 0.3 is 6.09 Å². The van der Waals surface area contributed by atoms with E-state index in [2.05, 4.69) is 0 Å². The SMILES string of the molecule is O=C(O)N(CCl)C1COC1. The van der Waals surface area contributed by atoms with Crippen LogP contribution in [0, 0.1) is 0 Å². The zero-order chi connectivity index (χ0) is 7.56. The van der Waals surface area contributed by atoms with Crippen LogP contribution in [0.4, 0.5) is 4.79 Å². The molecule has 58 valence electrons. The molecule has 1 aliphatic heterocycles. The summed E-state index contributed by atoms with van der Waals surface area (Å²) in [6.07, 6.45) is -0.983. The quantitative estimate of drug-likeness (QED) is 0.481. The van der Waals surface area contributed by atoms with Crippen LogP contribution in [-0.2, 0) is 4.74 Å². The van der Waals surface area contributed by atoms with Gasteiger partial charge in [-0.15, -0.1) is 11.6 Å². The summed E-state index contributed by atoms with van der Waals surface area (Å²) >= 11 is 5.36. The van der Waals surface area contributed by atoms with Gasteiger partial charge in [-0.05, 0) is 0 Å². The van der Waals surface area contributed by atoms with Crippen molar-refractivity contribution >= 4 is 17.7 Å². The van der Waals surface area contributed by atoms with Crippen LogP contribution in [0.5, 0.6) is 0 Å². The molecular weight excluding hydrogens is 158 g/mol. The lowest BCUT2D eigenvalue weighted by molar-refractivity contribution is -0.0506. The lowest BCUT2D eigenvalue weighted by atomic mass is 10.2. The van der Waals surface area contributed by atoms with Crippen molar-refractivity contribution in [1.82, 2.24) is 4.90 Å². The maximum absolute atomic E-state index is 10.4. The number of amides is 1. The molecule has 1 heterocycles. The molecule has 0 atom stereocenters. The molecular formula is C5H8ClNO3. The zero-order valence-electron chi connectivity index (χ0n) is 5.29. The number of hydrogen-bond donors (Lipinski definition) is 1. The molecule has 0 radical (unpaired) electrons. The Morgan fingerprint density at radius 1 is 1.80 bits per heavy atom. The van der Waals surface area contributed by atoms with Crippen molar-refractivity contribution in [2.45, 2.75) is 6.04 Å². The van der Waals surface area contributed by atoms with E-state index in [0.717, 1.165) is 4.90 Å². The first-order valence-corrected chi connectivity index (χ1v) is 3.42. The van der Waals surface area contributed by atoms with E-state index < -0.39 is 6.09 Å². The van der Waals surface area contributed by atoms with Gasteiger partial charge in [0.2, 0.25) is 0 Å². The van der Waals surface area contributed by atoms with Crippen molar-refractivity contribution in [3.63, 3.8) is 0 Å². The van der Waals surface area contributed by atoms with Gasteiger partial charge in [0.15, 0.2) is 0 Å². The fraction of sp³-hybridized carbons (Fsp3) is 0.800. The minimum absolute atomic E-state index is 0.0172. The van der Waals surface area contributed by atoms with E-state index in [4.69, 9.17) is 21.4 Å². The summed E-state index contributed by atoms with van der Waals surface area (Å²) in [6.45, 7) is 0.942. The largest absolute Gasteiger partial charge is 0.465 e. The monoisotopic (exact) mass is 165 g/mol. The number of rotatable bonds is 2. The number of ether oxygens (including phenoxy) is 1. The van der Waals surface area contributed by atoms with Crippen LogP contribution in [0.15, 0.2) is 0 Å². The third-order valence-electron chi connectivity index (χ3n) is 1.44. The highest BCUT2D eigenvalue weighted by atomic mass is 35.5. The Kier molecular flexibility index (Phi) is 2.34. The van der Waals surface area contributed by atoms with E-state index in [0.29, 0.717) is 13.2 Å². The van der Waals surface area contributed by atoms with E-state index in [1.165, 1.54) is 0 Å². The molecule has 1 amide bonds. The fourth-order valence-corrected chi connectivity index (χ4v) is 1.01. The number of carboxylic acid groups (broad SMARTS) is 1. The van der Waals surface area contributed by atoms with Crippen molar-refractivity contribution in [2.24, 2.45) is 0 Å². The Morgan fingerprint density at radius 2 is 2.40 bits per heavy atom. The maximum Gasteiger partial charge on any atom is 0.408 e. The van der Waals surface area contributed by atoms with Gasteiger partial charge in [-0.3, -0.25) is 4.90 Å². The third kappa shape index (κ3) is 1.33. The smallest absolute Gasteiger partial charge is 0.408 e. The first-order valence-electron chi connectivity index (χ1n) is 2.89. The van der Waals surface area contributed by atoms with Crippen molar-refractivity contribution in [1.29, 1.82) is 0 Å². The first kappa shape index (κ1) is 7.63. The van der Waals surface area contributed by atoms with Crippen LogP contribution in [0.25, 0.3) is 0 Å². The van der Waals surface area contributed by atoms with Crippen LogP contribution in [0.1, 0.15) is 0 Å². The average molecular weight is 166 g/mol. The Bertz CT molecular complexity index is 137. The molecule has 0 unspecified atom stereocenters. The normalized spacial score (nSPS) is 18.1. The van der Waals surface area contributed by atoms with Gasteiger partial charge in [0.25, 0.3) is 0 Å². The van der Waals surface area contributed by atoms with Gasteiger partial charge in [-0.25, -0.2) is 4.79 Å². The molecule has 10 heavy (non-hydrogen) atoms. The molecule has 5 heteroatoms. The highest BCUT2D eigenvalue weighted by Gasteiger charge is 2.28. The molecule has 1 N–H and O–H groups in total. The molecule has 0 aromatic rings. The summed E-state index contributed by atoms with van der Waals surface area (Å²) in [4.78, 5) is 11.5. The zero-order valence-corrected chi connectivity index (χ0v) is 6.04.